The van der Waals surface area contributed by atoms with E-state index >= 15 is 0 Å². The van der Waals surface area contributed by atoms with Crippen molar-refractivity contribution in [1.82, 2.24) is 14.8 Å². The highest BCUT2D eigenvalue weighted by Crippen LogP contribution is 2.38. The third-order valence-corrected chi connectivity index (χ3v) is 7.50. The van der Waals surface area contributed by atoms with Gasteiger partial charge in [0.2, 0.25) is 0 Å². The van der Waals surface area contributed by atoms with E-state index in [2.05, 4.69) is 28.6 Å². The first-order valence-corrected chi connectivity index (χ1v) is 13.1. The number of aryl methyl sites for hydroxylation is 2. The summed E-state index contributed by atoms with van der Waals surface area (Å²) in [6.07, 6.45) is 0. The van der Waals surface area contributed by atoms with Gasteiger partial charge in [-0.1, -0.05) is 0 Å². The molecule has 0 fully saturated rings. The van der Waals surface area contributed by atoms with Gasteiger partial charge in [-0.15, -0.1) is 21.5 Å². The Kier molecular flexibility index (Phi) is 7.53. The first-order chi connectivity index (χ1) is 18.3. The van der Waals surface area contributed by atoms with Crippen LogP contribution in [0.3, 0.4) is 0 Å². The molecule has 0 unspecified atom stereocenters. The van der Waals surface area contributed by atoms with Crippen molar-refractivity contribution in [3.63, 3.8) is 0 Å². The van der Waals surface area contributed by atoms with Gasteiger partial charge in [-0.2, -0.15) is 0 Å². The van der Waals surface area contributed by atoms with Gasteiger partial charge in [-0.05, 0) is 57.5 Å². The van der Waals surface area contributed by atoms with Gasteiger partial charge in [0, 0.05) is 34.2 Å². The third kappa shape index (κ3) is 5.32. The Labute approximate surface area is 223 Å². The van der Waals surface area contributed by atoms with E-state index in [4.69, 9.17) is 19.2 Å². The van der Waals surface area contributed by atoms with Crippen LogP contribution in [0.2, 0.25) is 0 Å². The lowest BCUT2D eigenvalue weighted by Crippen LogP contribution is -2.12. The van der Waals surface area contributed by atoms with Crippen molar-refractivity contribution in [2.75, 3.05) is 26.4 Å². The number of rotatable bonds is 9. The number of hydrogen-bond acceptors (Lipinski definition) is 7. The van der Waals surface area contributed by atoms with Crippen molar-refractivity contribution in [2.45, 2.75) is 33.7 Å². The lowest BCUT2D eigenvalue weighted by molar-refractivity contribution is 0.0763. The fourth-order valence-corrected chi connectivity index (χ4v) is 5.55. The molecule has 0 saturated heterocycles. The molecule has 3 heterocycles. The lowest BCUT2D eigenvalue weighted by atomic mass is 9.99. The minimum Gasteiger partial charge on any atom is -0.491 e. The molecule has 0 aliphatic carbocycles. The number of thiophene rings is 1. The fraction of sp³-hybridized carbons (Fsp3) is 0.321. The van der Waals surface area contributed by atoms with E-state index in [0.29, 0.717) is 13.2 Å². The molecule has 2 aromatic carbocycles. The van der Waals surface area contributed by atoms with Crippen LogP contribution in [0, 0.1) is 32.4 Å². The van der Waals surface area contributed by atoms with E-state index in [1.807, 2.05) is 38.1 Å². The summed E-state index contributed by atoms with van der Waals surface area (Å²) in [5.74, 6) is 1.19. The number of fused-ring (bicyclic) bond motifs is 3. The van der Waals surface area contributed by atoms with Crippen LogP contribution in [0.1, 0.15) is 46.2 Å². The van der Waals surface area contributed by atoms with E-state index in [9.17, 15) is 8.78 Å². The highest BCUT2D eigenvalue weighted by Gasteiger charge is 2.29. The van der Waals surface area contributed by atoms with Gasteiger partial charge in [-0.25, -0.2) is 8.78 Å². The summed E-state index contributed by atoms with van der Waals surface area (Å²) < 4.78 is 45.1. The van der Waals surface area contributed by atoms with Crippen molar-refractivity contribution >= 4 is 17.0 Å². The molecule has 1 aliphatic heterocycles. The summed E-state index contributed by atoms with van der Waals surface area (Å²) in [6.45, 7) is 9.42. The Hall–Kier alpha value is -3.63. The molecule has 0 spiro atoms. The molecule has 0 radical (unpaired) electrons. The third-order valence-electron chi connectivity index (χ3n) is 6.31. The molecule has 1 atom stereocenters. The standard InChI is InChI=1S/C28H28F2N4O3S/c1-16-18(3)38-28-25(16)26(31-17(2)27-33-32-19(4)34(27)28)20-5-7-23(8-6-20)36-11-9-35-10-12-37-24-14-21(29)13-22(30)15-24/h5-8,13-15,17H,9-12H2,1-4H3/t17-/m0/s1. The van der Waals surface area contributed by atoms with E-state index in [-0.39, 0.29) is 25.0 Å². The molecule has 0 N–H and O–H groups in total. The Balaban J connectivity index is 1.19. The molecule has 0 amide bonds. The van der Waals surface area contributed by atoms with Crippen LogP contribution in [0.5, 0.6) is 11.5 Å². The number of nitrogens with zero attached hydrogens (tertiary/aromatic N) is 4. The van der Waals surface area contributed by atoms with Crippen LogP contribution in [0.4, 0.5) is 8.78 Å². The molecule has 198 valence electrons. The smallest absolute Gasteiger partial charge is 0.162 e. The summed E-state index contributed by atoms with van der Waals surface area (Å²) >= 11 is 1.74. The van der Waals surface area contributed by atoms with E-state index < -0.39 is 11.6 Å². The van der Waals surface area contributed by atoms with Gasteiger partial charge >= 0.3 is 0 Å². The number of ether oxygens (including phenoxy) is 3. The molecule has 38 heavy (non-hydrogen) atoms. The zero-order valence-corrected chi connectivity index (χ0v) is 22.4. The van der Waals surface area contributed by atoms with Crippen LogP contribution in [-0.2, 0) is 4.74 Å². The molecule has 1 aliphatic rings. The van der Waals surface area contributed by atoms with Gasteiger partial charge in [0.1, 0.15) is 53.2 Å². The molecule has 7 nitrogen and oxygen atoms in total. The Morgan fingerprint density at radius 1 is 0.868 bits per heavy atom. The van der Waals surface area contributed by atoms with Crippen LogP contribution >= 0.6 is 11.3 Å². The van der Waals surface area contributed by atoms with Gasteiger partial charge in [0.05, 0.1) is 18.9 Å². The Morgan fingerprint density at radius 2 is 1.53 bits per heavy atom. The van der Waals surface area contributed by atoms with Crippen molar-refractivity contribution < 1.29 is 23.0 Å². The minimum absolute atomic E-state index is 0.131. The number of halogens is 2. The molecular formula is C28H28F2N4O3S. The zero-order chi connectivity index (χ0) is 26.8. The van der Waals surface area contributed by atoms with Gasteiger partial charge in [-0.3, -0.25) is 9.56 Å². The number of aliphatic imine (C=N–C) groups is 1. The second-order valence-corrected chi connectivity index (χ2v) is 10.2. The van der Waals surface area contributed by atoms with Crippen molar-refractivity contribution in [2.24, 2.45) is 4.99 Å². The Bertz CT molecular complexity index is 1460. The second-order valence-electron chi connectivity index (χ2n) is 9.00. The van der Waals surface area contributed by atoms with Crippen LogP contribution < -0.4 is 9.47 Å². The van der Waals surface area contributed by atoms with E-state index in [1.165, 1.54) is 10.4 Å². The quantitative estimate of drug-likeness (QED) is 0.248. The molecule has 0 saturated carbocycles. The Morgan fingerprint density at radius 3 is 2.21 bits per heavy atom. The number of hydrogen-bond donors (Lipinski definition) is 0. The van der Waals surface area contributed by atoms with Crippen LogP contribution in [-0.4, -0.2) is 46.9 Å². The largest absolute Gasteiger partial charge is 0.491 e. The van der Waals surface area contributed by atoms with Crippen molar-refractivity contribution in [3.8, 4) is 16.5 Å². The van der Waals surface area contributed by atoms with Gasteiger partial charge in [0.15, 0.2) is 5.82 Å². The predicted octanol–water partition coefficient (Wildman–Crippen LogP) is 5.92. The molecule has 4 aromatic rings. The fourth-order valence-electron chi connectivity index (χ4n) is 4.34. The van der Waals surface area contributed by atoms with Crippen LogP contribution in [0.25, 0.3) is 5.00 Å². The monoisotopic (exact) mass is 538 g/mol. The zero-order valence-electron chi connectivity index (χ0n) is 21.6. The van der Waals surface area contributed by atoms with Crippen molar-refractivity contribution in [1.29, 1.82) is 0 Å². The highest BCUT2D eigenvalue weighted by molar-refractivity contribution is 7.15. The maximum atomic E-state index is 13.2. The average Bonchev–Trinajstić information content (AvgIpc) is 3.36. The topological polar surface area (TPSA) is 70.8 Å². The predicted molar refractivity (Wildman–Crippen MR) is 142 cm³/mol. The van der Waals surface area contributed by atoms with Gasteiger partial charge in [0.25, 0.3) is 0 Å². The normalized spacial score (nSPS) is 14.5. The summed E-state index contributed by atoms with van der Waals surface area (Å²) in [7, 11) is 0. The summed E-state index contributed by atoms with van der Waals surface area (Å²) in [5.41, 5.74) is 4.27. The maximum absolute atomic E-state index is 13.2. The summed E-state index contributed by atoms with van der Waals surface area (Å²) in [4.78, 5) is 6.31. The highest BCUT2D eigenvalue weighted by atomic mass is 32.1. The molecule has 2 aromatic heterocycles. The first kappa shape index (κ1) is 26.0. The second kappa shape index (κ2) is 11.0. The molecule has 10 heteroatoms. The van der Waals surface area contributed by atoms with Gasteiger partial charge < -0.3 is 14.2 Å². The van der Waals surface area contributed by atoms with E-state index in [0.717, 1.165) is 57.4 Å². The molecule has 0 bridgehead atoms. The first-order valence-electron chi connectivity index (χ1n) is 12.3. The minimum atomic E-state index is -0.679. The van der Waals surface area contributed by atoms with Crippen molar-refractivity contribution in [3.05, 3.63) is 87.3 Å². The summed E-state index contributed by atoms with van der Waals surface area (Å²) in [5, 5.41) is 9.80. The molecular weight excluding hydrogens is 510 g/mol. The number of benzene rings is 2. The average molecular weight is 539 g/mol. The maximum Gasteiger partial charge on any atom is 0.162 e. The molecule has 5 rings (SSSR count). The lowest BCUT2D eigenvalue weighted by Gasteiger charge is -2.11. The SMILES string of the molecule is Cc1sc2c(c1C)C(c1ccc(OCCOCCOc3cc(F)cc(F)c3)cc1)=N[C@@H](C)c1nnc(C)n1-2. The van der Waals surface area contributed by atoms with E-state index in [1.54, 1.807) is 11.3 Å². The van der Waals surface area contributed by atoms with Crippen LogP contribution in [0.15, 0.2) is 47.5 Å². The number of aromatic nitrogens is 3. The summed E-state index contributed by atoms with van der Waals surface area (Å²) in [6, 6.07) is 10.8.